The maximum absolute atomic E-state index is 5.85. The maximum atomic E-state index is 5.85. The number of hydrogen-bond acceptors (Lipinski definition) is 3. The van der Waals surface area contributed by atoms with Crippen molar-refractivity contribution in [2.45, 2.75) is 32.6 Å². The van der Waals surface area contributed by atoms with Gasteiger partial charge in [-0.15, -0.1) is 0 Å². The second-order valence-corrected chi connectivity index (χ2v) is 6.57. The number of nitrogens with zero attached hydrogens (tertiary/aromatic N) is 2. The molecule has 3 nitrogen and oxygen atoms in total. The molecular weight excluding hydrogens is 284 g/mol. The Bertz CT molecular complexity index is 835. The van der Waals surface area contributed by atoms with E-state index in [9.17, 15) is 0 Å². The summed E-state index contributed by atoms with van der Waals surface area (Å²) in [6, 6.07) is 17.0. The largest absolute Gasteiger partial charge is 0.373 e. The van der Waals surface area contributed by atoms with E-state index in [1.807, 2.05) is 0 Å². The number of hydrogen-bond donors (Lipinski definition) is 0. The molecule has 0 bridgehead atoms. The number of benzene rings is 2. The highest BCUT2D eigenvalue weighted by Crippen LogP contribution is 2.27. The fraction of sp³-hybridized carbons (Fsp3) is 0.350. The molecule has 2 unspecified atom stereocenters. The van der Waals surface area contributed by atoms with Crippen LogP contribution in [0.2, 0.25) is 0 Å². The van der Waals surface area contributed by atoms with E-state index < -0.39 is 0 Å². The van der Waals surface area contributed by atoms with Crippen molar-refractivity contribution in [2.24, 2.45) is 0 Å². The van der Waals surface area contributed by atoms with Crippen molar-refractivity contribution in [1.29, 1.82) is 0 Å². The van der Waals surface area contributed by atoms with E-state index in [1.54, 1.807) is 0 Å². The van der Waals surface area contributed by atoms with Gasteiger partial charge in [0.1, 0.15) is 0 Å². The summed E-state index contributed by atoms with van der Waals surface area (Å²) in [5, 5.41) is 3.79. The van der Waals surface area contributed by atoms with E-state index in [2.05, 4.69) is 67.3 Å². The number of fused-ring (bicyclic) bond motifs is 3. The number of aromatic nitrogens is 1. The Kier molecular flexibility index (Phi) is 3.76. The minimum atomic E-state index is 0.283. The summed E-state index contributed by atoms with van der Waals surface area (Å²) in [5.41, 5.74) is 2.25. The van der Waals surface area contributed by atoms with Gasteiger partial charge in [-0.2, -0.15) is 0 Å². The zero-order valence-corrected chi connectivity index (χ0v) is 13.7. The fourth-order valence-corrected chi connectivity index (χ4v) is 3.72. The second-order valence-electron chi connectivity index (χ2n) is 6.57. The van der Waals surface area contributed by atoms with Gasteiger partial charge in [0, 0.05) is 30.4 Å². The lowest BCUT2D eigenvalue weighted by Crippen LogP contribution is -2.44. The van der Waals surface area contributed by atoms with Crippen LogP contribution in [0.15, 0.2) is 48.5 Å². The molecule has 2 heterocycles. The number of pyridine rings is 1. The first-order valence-corrected chi connectivity index (χ1v) is 8.35. The molecule has 4 rings (SSSR count). The first-order valence-electron chi connectivity index (χ1n) is 8.35. The van der Waals surface area contributed by atoms with Crippen LogP contribution in [-0.4, -0.2) is 35.2 Å². The van der Waals surface area contributed by atoms with E-state index in [0.717, 1.165) is 25.2 Å². The Labute approximate surface area is 136 Å². The van der Waals surface area contributed by atoms with Crippen LogP contribution in [0, 0.1) is 0 Å². The SMILES string of the molecule is CC1CN(Cc2nc3ccccc3c3ccccc23)CC(C)O1. The Hall–Kier alpha value is -1.97. The van der Waals surface area contributed by atoms with Gasteiger partial charge in [0.25, 0.3) is 0 Å². The molecule has 0 amide bonds. The van der Waals surface area contributed by atoms with E-state index in [4.69, 9.17) is 9.72 Å². The molecule has 3 aromatic rings. The van der Waals surface area contributed by atoms with E-state index in [-0.39, 0.29) is 12.2 Å². The third-order valence-electron chi connectivity index (χ3n) is 4.56. The normalized spacial score (nSPS) is 22.7. The van der Waals surface area contributed by atoms with Crippen LogP contribution in [-0.2, 0) is 11.3 Å². The average Bonchev–Trinajstić information content (AvgIpc) is 2.54. The van der Waals surface area contributed by atoms with Crippen LogP contribution in [0.1, 0.15) is 19.5 Å². The van der Waals surface area contributed by atoms with Gasteiger partial charge in [0.05, 0.1) is 23.4 Å². The van der Waals surface area contributed by atoms with Crippen molar-refractivity contribution in [3.63, 3.8) is 0 Å². The van der Waals surface area contributed by atoms with Crippen LogP contribution in [0.3, 0.4) is 0 Å². The molecule has 23 heavy (non-hydrogen) atoms. The summed E-state index contributed by atoms with van der Waals surface area (Å²) < 4.78 is 5.85. The number of rotatable bonds is 2. The summed E-state index contributed by atoms with van der Waals surface area (Å²) in [4.78, 5) is 7.43. The molecule has 0 aliphatic carbocycles. The van der Waals surface area contributed by atoms with E-state index in [0.29, 0.717) is 0 Å². The Morgan fingerprint density at radius 3 is 2.26 bits per heavy atom. The Morgan fingerprint density at radius 1 is 0.913 bits per heavy atom. The third-order valence-corrected chi connectivity index (χ3v) is 4.56. The van der Waals surface area contributed by atoms with Crippen LogP contribution in [0.5, 0.6) is 0 Å². The van der Waals surface area contributed by atoms with Gasteiger partial charge in [-0.05, 0) is 25.3 Å². The predicted molar refractivity (Wildman–Crippen MR) is 94.5 cm³/mol. The quantitative estimate of drug-likeness (QED) is 0.669. The average molecular weight is 306 g/mol. The second kappa shape index (κ2) is 5.91. The van der Waals surface area contributed by atoms with Gasteiger partial charge < -0.3 is 4.74 Å². The zero-order valence-electron chi connectivity index (χ0n) is 13.7. The number of ether oxygens (including phenoxy) is 1. The molecule has 1 aromatic heterocycles. The minimum absolute atomic E-state index is 0.283. The molecule has 1 saturated heterocycles. The lowest BCUT2D eigenvalue weighted by atomic mass is 10.0. The Morgan fingerprint density at radius 2 is 1.52 bits per heavy atom. The first-order chi connectivity index (χ1) is 11.2. The highest BCUT2D eigenvalue weighted by Gasteiger charge is 2.23. The summed E-state index contributed by atoms with van der Waals surface area (Å²) in [6.07, 6.45) is 0.566. The molecule has 118 valence electrons. The lowest BCUT2D eigenvalue weighted by molar-refractivity contribution is -0.0706. The molecule has 2 aromatic carbocycles. The highest BCUT2D eigenvalue weighted by molar-refractivity contribution is 6.06. The predicted octanol–water partition coefficient (Wildman–Crippen LogP) is 4.00. The summed E-state index contributed by atoms with van der Waals surface area (Å²) in [7, 11) is 0. The maximum Gasteiger partial charge on any atom is 0.0712 e. The monoisotopic (exact) mass is 306 g/mol. The van der Waals surface area contributed by atoms with Crippen molar-refractivity contribution in [1.82, 2.24) is 9.88 Å². The van der Waals surface area contributed by atoms with E-state index >= 15 is 0 Å². The molecule has 0 N–H and O–H groups in total. The van der Waals surface area contributed by atoms with Crippen molar-refractivity contribution in [3.8, 4) is 0 Å². The van der Waals surface area contributed by atoms with Gasteiger partial charge in [-0.1, -0.05) is 42.5 Å². The van der Waals surface area contributed by atoms with Gasteiger partial charge in [0.2, 0.25) is 0 Å². The minimum Gasteiger partial charge on any atom is -0.373 e. The van der Waals surface area contributed by atoms with Gasteiger partial charge in [-0.25, -0.2) is 0 Å². The summed E-state index contributed by atoms with van der Waals surface area (Å²) in [6.45, 7) is 7.10. The third kappa shape index (κ3) is 2.82. The van der Waals surface area contributed by atoms with E-state index in [1.165, 1.54) is 21.9 Å². The van der Waals surface area contributed by atoms with Crippen molar-refractivity contribution >= 4 is 21.7 Å². The van der Waals surface area contributed by atoms with Crippen LogP contribution in [0.25, 0.3) is 21.7 Å². The molecule has 2 atom stereocenters. The number of morpholine rings is 1. The molecule has 1 aliphatic heterocycles. The molecule has 1 fully saturated rings. The molecule has 0 saturated carbocycles. The molecular formula is C20H22N2O. The Balaban J connectivity index is 1.79. The zero-order chi connectivity index (χ0) is 15.8. The number of para-hydroxylation sites is 1. The van der Waals surface area contributed by atoms with Crippen LogP contribution in [0.4, 0.5) is 0 Å². The van der Waals surface area contributed by atoms with Crippen LogP contribution < -0.4 is 0 Å². The molecule has 0 spiro atoms. The standard InChI is InChI=1S/C20H22N2O/c1-14-11-22(12-15(2)23-14)13-20-18-9-4-3-7-16(18)17-8-5-6-10-19(17)21-20/h3-10,14-15H,11-13H2,1-2H3. The highest BCUT2D eigenvalue weighted by atomic mass is 16.5. The lowest BCUT2D eigenvalue weighted by Gasteiger charge is -2.35. The molecule has 1 aliphatic rings. The van der Waals surface area contributed by atoms with Crippen molar-refractivity contribution in [3.05, 3.63) is 54.2 Å². The van der Waals surface area contributed by atoms with Gasteiger partial charge in [-0.3, -0.25) is 9.88 Å². The summed E-state index contributed by atoms with van der Waals surface area (Å²) >= 11 is 0. The molecule has 0 radical (unpaired) electrons. The summed E-state index contributed by atoms with van der Waals surface area (Å²) in [5.74, 6) is 0. The topological polar surface area (TPSA) is 25.4 Å². The van der Waals surface area contributed by atoms with Gasteiger partial charge in [0.15, 0.2) is 0 Å². The smallest absolute Gasteiger partial charge is 0.0712 e. The van der Waals surface area contributed by atoms with Crippen molar-refractivity contribution in [2.75, 3.05) is 13.1 Å². The van der Waals surface area contributed by atoms with Crippen LogP contribution >= 0.6 is 0 Å². The van der Waals surface area contributed by atoms with Crippen molar-refractivity contribution < 1.29 is 4.74 Å². The fourth-order valence-electron chi connectivity index (χ4n) is 3.72. The molecule has 3 heteroatoms. The first kappa shape index (κ1) is 14.6. The van der Waals surface area contributed by atoms with Gasteiger partial charge >= 0.3 is 0 Å².